The van der Waals surface area contributed by atoms with Crippen molar-refractivity contribution in [2.24, 2.45) is 5.92 Å². The van der Waals surface area contributed by atoms with Gasteiger partial charge in [-0.3, -0.25) is 0 Å². The standard InChI is InChI=1S/C15H22ClN/c1-11(2)9-17-10-12(3)7-14-5-6-15(16)8-13(14)4/h5-8,11,17H,9-10H2,1-4H3/b12-7+. The molecule has 0 fully saturated rings. The van der Waals surface area contributed by atoms with Gasteiger partial charge in [-0.1, -0.05) is 43.2 Å². The van der Waals surface area contributed by atoms with Gasteiger partial charge in [-0.15, -0.1) is 0 Å². The number of benzene rings is 1. The average Bonchev–Trinajstić information content (AvgIpc) is 2.21. The van der Waals surface area contributed by atoms with Crippen molar-refractivity contribution in [1.29, 1.82) is 0 Å². The molecule has 0 bridgehead atoms. The lowest BCUT2D eigenvalue weighted by Gasteiger charge is -2.08. The van der Waals surface area contributed by atoms with Crippen molar-refractivity contribution in [2.75, 3.05) is 13.1 Å². The molecule has 17 heavy (non-hydrogen) atoms. The Morgan fingerprint density at radius 3 is 2.71 bits per heavy atom. The molecule has 0 heterocycles. The Hall–Kier alpha value is -0.790. The van der Waals surface area contributed by atoms with E-state index >= 15 is 0 Å². The van der Waals surface area contributed by atoms with Crippen molar-refractivity contribution in [2.45, 2.75) is 27.7 Å². The van der Waals surface area contributed by atoms with Crippen LogP contribution < -0.4 is 5.32 Å². The van der Waals surface area contributed by atoms with E-state index in [9.17, 15) is 0 Å². The molecule has 1 aromatic rings. The molecule has 0 aliphatic heterocycles. The van der Waals surface area contributed by atoms with E-state index in [0.717, 1.165) is 18.1 Å². The van der Waals surface area contributed by atoms with Gasteiger partial charge in [0, 0.05) is 11.6 Å². The van der Waals surface area contributed by atoms with Gasteiger partial charge in [0.05, 0.1) is 0 Å². The molecule has 0 amide bonds. The van der Waals surface area contributed by atoms with Crippen LogP contribution in [-0.2, 0) is 0 Å². The van der Waals surface area contributed by atoms with Crippen molar-refractivity contribution in [3.05, 3.63) is 39.9 Å². The van der Waals surface area contributed by atoms with E-state index < -0.39 is 0 Å². The maximum absolute atomic E-state index is 5.94. The third kappa shape index (κ3) is 5.38. The van der Waals surface area contributed by atoms with Crippen LogP contribution >= 0.6 is 11.6 Å². The number of rotatable bonds is 5. The van der Waals surface area contributed by atoms with Gasteiger partial charge in [-0.05, 0) is 49.6 Å². The summed E-state index contributed by atoms with van der Waals surface area (Å²) in [5.74, 6) is 0.695. The van der Waals surface area contributed by atoms with Crippen LogP contribution in [-0.4, -0.2) is 13.1 Å². The van der Waals surface area contributed by atoms with Crippen LogP contribution in [0.15, 0.2) is 23.8 Å². The van der Waals surface area contributed by atoms with Gasteiger partial charge in [0.2, 0.25) is 0 Å². The van der Waals surface area contributed by atoms with Gasteiger partial charge in [0.15, 0.2) is 0 Å². The molecule has 0 aromatic heterocycles. The lowest BCUT2D eigenvalue weighted by atomic mass is 10.1. The van der Waals surface area contributed by atoms with Crippen LogP contribution in [0, 0.1) is 12.8 Å². The molecule has 0 atom stereocenters. The first-order chi connectivity index (χ1) is 7.99. The summed E-state index contributed by atoms with van der Waals surface area (Å²) in [5, 5.41) is 4.24. The Labute approximate surface area is 110 Å². The number of hydrogen-bond donors (Lipinski definition) is 1. The normalized spacial score (nSPS) is 12.2. The topological polar surface area (TPSA) is 12.0 Å². The summed E-state index contributed by atoms with van der Waals surface area (Å²) in [6, 6.07) is 6.01. The Morgan fingerprint density at radius 1 is 1.41 bits per heavy atom. The zero-order chi connectivity index (χ0) is 12.8. The molecule has 0 unspecified atom stereocenters. The predicted molar refractivity (Wildman–Crippen MR) is 77.5 cm³/mol. The largest absolute Gasteiger partial charge is 0.313 e. The first-order valence-corrected chi connectivity index (χ1v) is 6.51. The fourth-order valence-electron chi connectivity index (χ4n) is 1.68. The highest BCUT2D eigenvalue weighted by Gasteiger charge is 1.98. The van der Waals surface area contributed by atoms with Crippen molar-refractivity contribution in [3.63, 3.8) is 0 Å². The minimum Gasteiger partial charge on any atom is -0.313 e. The summed E-state index contributed by atoms with van der Waals surface area (Å²) in [7, 11) is 0. The molecule has 0 aliphatic rings. The SMILES string of the molecule is C/C(=C\c1ccc(Cl)cc1C)CNCC(C)C. The summed E-state index contributed by atoms with van der Waals surface area (Å²) in [6.45, 7) is 10.7. The van der Waals surface area contributed by atoms with E-state index in [1.807, 2.05) is 12.1 Å². The third-order valence-corrected chi connectivity index (χ3v) is 2.83. The molecule has 1 aromatic carbocycles. The molecule has 0 radical (unpaired) electrons. The van der Waals surface area contributed by atoms with Gasteiger partial charge in [0.1, 0.15) is 0 Å². The van der Waals surface area contributed by atoms with Crippen molar-refractivity contribution in [1.82, 2.24) is 5.32 Å². The Balaban J connectivity index is 2.61. The van der Waals surface area contributed by atoms with E-state index in [2.05, 4.69) is 45.2 Å². The summed E-state index contributed by atoms with van der Waals surface area (Å²) in [6.07, 6.45) is 2.22. The molecule has 1 rings (SSSR count). The minimum absolute atomic E-state index is 0.695. The van der Waals surface area contributed by atoms with Crippen LogP contribution in [0.5, 0.6) is 0 Å². The van der Waals surface area contributed by atoms with Crippen LogP contribution in [0.4, 0.5) is 0 Å². The Kier molecular flexibility index (Phi) is 5.73. The molecule has 1 N–H and O–H groups in total. The highest BCUT2D eigenvalue weighted by Crippen LogP contribution is 2.17. The number of halogens is 1. The number of nitrogens with one attached hydrogen (secondary N) is 1. The van der Waals surface area contributed by atoms with Gasteiger partial charge in [0.25, 0.3) is 0 Å². The minimum atomic E-state index is 0.695. The molecular formula is C15H22ClN. The average molecular weight is 252 g/mol. The van der Waals surface area contributed by atoms with E-state index in [4.69, 9.17) is 11.6 Å². The van der Waals surface area contributed by atoms with Gasteiger partial charge < -0.3 is 5.32 Å². The Bertz CT molecular complexity index is 394. The highest BCUT2D eigenvalue weighted by atomic mass is 35.5. The molecular weight excluding hydrogens is 230 g/mol. The van der Waals surface area contributed by atoms with Crippen molar-refractivity contribution >= 4 is 17.7 Å². The van der Waals surface area contributed by atoms with Gasteiger partial charge in [-0.2, -0.15) is 0 Å². The molecule has 1 nitrogen and oxygen atoms in total. The fraction of sp³-hybridized carbons (Fsp3) is 0.467. The summed E-state index contributed by atoms with van der Waals surface area (Å²) < 4.78 is 0. The predicted octanol–water partition coefficient (Wildman–Crippen LogP) is 4.30. The molecule has 0 spiro atoms. The number of hydrogen-bond acceptors (Lipinski definition) is 1. The van der Waals surface area contributed by atoms with Gasteiger partial charge in [-0.25, -0.2) is 0 Å². The molecule has 0 saturated carbocycles. The Morgan fingerprint density at radius 2 is 2.12 bits per heavy atom. The molecule has 2 heteroatoms. The first kappa shape index (κ1) is 14.3. The zero-order valence-electron chi connectivity index (χ0n) is 11.2. The maximum atomic E-state index is 5.94. The van der Waals surface area contributed by atoms with Crippen LogP contribution in [0.2, 0.25) is 5.02 Å². The van der Waals surface area contributed by atoms with Crippen LogP contribution in [0.3, 0.4) is 0 Å². The molecule has 0 aliphatic carbocycles. The van der Waals surface area contributed by atoms with Gasteiger partial charge >= 0.3 is 0 Å². The monoisotopic (exact) mass is 251 g/mol. The van der Waals surface area contributed by atoms with E-state index in [0.29, 0.717) is 5.92 Å². The third-order valence-electron chi connectivity index (χ3n) is 2.59. The lowest BCUT2D eigenvalue weighted by molar-refractivity contribution is 0.572. The quantitative estimate of drug-likeness (QED) is 0.823. The fourth-order valence-corrected chi connectivity index (χ4v) is 1.90. The van der Waals surface area contributed by atoms with E-state index in [1.165, 1.54) is 16.7 Å². The zero-order valence-corrected chi connectivity index (χ0v) is 11.9. The molecule has 0 saturated heterocycles. The molecule has 94 valence electrons. The van der Waals surface area contributed by atoms with Crippen molar-refractivity contribution < 1.29 is 0 Å². The lowest BCUT2D eigenvalue weighted by Crippen LogP contribution is -2.21. The highest BCUT2D eigenvalue weighted by molar-refractivity contribution is 6.30. The second-order valence-corrected chi connectivity index (χ2v) is 5.45. The summed E-state index contributed by atoms with van der Waals surface area (Å²) in [4.78, 5) is 0. The van der Waals surface area contributed by atoms with E-state index in [-0.39, 0.29) is 0 Å². The smallest absolute Gasteiger partial charge is 0.0409 e. The maximum Gasteiger partial charge on any atom is 0.0409 e. The van der Waals surface area contributed by atoms with Crippen molar-refractivity contribution in [3.8, 4) is 0 Å². The second-order valence-electron chi connectivity index (χ2n) is 5.02. The van der Waals surface area contributed by atoms with Crippen LogP contribution in [0.25, 0.3) is 6.08 Å². The number of aryl methyl sites for hydroxylation is 1. The van der Waals surface area contributed by atoms with E-state index in [1.54, 1.807) is 0 Å². The summed E-state index contributed by atoms with van der Waals surface area (Å²) >= 11 is 5.94. The van der Waals surface area contributed by atoms with Crippen LogP contribution in [0.1, 0.15) is 31.9 Å². The first-order valence-electron chi connectivity index (χ1n) is 6.13. The second kappa shape index (κ2) is 6.83. The summed E-state index contributed by atoms with van der Waals surface area (Å²) in [5.41, 5.74) is 3.81.